The van der Waals surface area contributed by atoms with Crippen LogP contribution in [0.15, 0.2) is 134 Å². The highest BCUT2D eigenvalue weighted by Crippen LogP contribution is 2.29. The first-order chi connectivity index (χ1) is 24.4. The number of azo groups is 3. The maximum Gasteiger partial charge on any atom is 0.330 e. The van der Waals surface area contributed by atoms with E-state index in [1.807, 2.05) is 97.9 Å². The predicted molar refractivity (Wildman–Crippen MR) is 190 cm³/mol. The van der Waals surface area contributed by atoms with Crippen LogP contribution in [-0.4, -0.2) is 38.4 Å². The van der Waals surface area contributed by atoms with E-state index < -0.39 is 5.97 Å². The van der Waals surface area contributed by atoms with Gasteiger partial charge in [-0.15, -0.1) is 0 Å². The third-order valence-corrected chi connectivity index (χ3v) is 6.87. The minimum absolute atomic E-state index is 0.268. The van der Waals surface area contributed by atoms with Crippen molar-refractivity contribution in [2.45, 2.75) is 39.5 Å². The fraction of sp³-hybridized carbons (Fsp3) is 0.263. The van der Waals surface area contributed by atoms with Crippen LogP contribution < -0.4 is 9.47 Å². The second-order valence-electron chi connectivity index (χ2n) is 10.9. The molecule has 0 radical (unpaired) electrons. The fourth-order valence-electron chi connectivity index (χ4n) is 4.20. The molecule has 0 aromatic heterocycles. The van der Waals surface area contributed by atoms with Crippen molar-refractivity contribution in [2.75, 3.05) is 26.4 Å². The minimum atomic E-state index is -0.415. The second-order valence-corrected chi connectivity index (χ2v) is 10.9. The van der Waals surface area contributed by atoms with Crippen molar-refractivity contribution in [3.05, 3.63) is 109 Å². The summed E-state index contributed by atoms with van der Waals surface area (Å²) in [5.41, 5.74) is 5.10. The molecule has 4 aromatic carbocycles. The molecule has 4 aromatic rings. The molecule has 0 saturated heterocycles. The van der Waals surface area contributed by atoms with Crippen LogP contribution in [0.5, 0.6) is 11.5 Å². The Labute approximate surface area is 291 Å². The summed E-state index contributed by atoms with van der Waals surface area (Å²) in [6.45, 7) is 8.52. The zero-order valence-electron chi connectivity index (χ0n) is 28.2. The minimum Gasteiger partial charge on any atom is -0.494 e. The summed E-state index contributed by atoms with van der Waals surface area (Å²) < 4.78 is 21.3. The van der Waals surface area contributed by atoms with Gasteiger partial charge in [-0.1, -0.05) is 6.58 Å². The highest BCUT2D eigenvalue weighted by atomic mass is 16.5. The van der Waals surface area contributed by atoms with E-state index in [1.54, 1.807) is 0 Å². The van der Waals surface area contributed by atoms with Gasteiger partial charge in [0, 0.05) is 13.0 Å². The Bertz CT molecular complexity index is 1770. The lowest BCUT2D eigenvalue weighted by molar-refractivity contribution is -0.141. The standard InChI is InChI=1S/C38H40N6O6/c1-4-38(46)50-26-8-7-25-49-36-20-15-33(16-21-36)41-43-34-17-22-37(28(2)27-34)44-42-31-11-9-30(10-12-31)39-40-32-13-18-35(19-14-32)48-24-6-5-23-47-29(3)45/h4,9-22,27H,1,5-8,23-26H2,2-3H3. The second kappa shape index (κ2) is 20.4. The third-order valence-electron chi connectivity index (χ3n) is 6.87. The normalized spacial score (nSPS) is 11.2. The number of esters is 2. The maximum absolute atomic E-state index is 11.0. The van der Waals surface area contributed by atoms with Gasteiger partial charge in [-0.05, 0) is 129 Å². The van der Waals surface area contributed by atoms with Gasteiger partial charge in [-0.3, -0.25) is 4.79 Å². The average Bonchev–Trinajstić information content (AvgIpc) is 3.13. The predicted octanol–water partition coefficient (Wildman–Crippen LogP) is 10.9. The molecular weight excluding hydrogens is 636 g/mol. The molecule has 0 amide bonds. The number of nitrogens with zero attached hydrogens (tertiary/aromatic N) is 6. The van der Waals surface area contributed by atoms with E-state index in [2.05, 4.69) is 37.3 Å². The Morgan fingerprint density at radius 2 is 0.960 bits per heavy atom. The number of carbonyl (C=O) groups is 2. The Hall–Kier alpha value is -6.04. The molecule has 4 rings (SSSR count). The number of carbonyl (C=O) groups excluding carboxylic acids is 2. The molecule has 0 fully saturated rings. The molecule has 0 aliphatic carbocycles. The molecule has 50 heavy (non-hydrogen) atoms. The molecule has 0 aliphatic rings. The summed E-state index contributed by atoms with van der Waals surface area (Å²) >= 11 is 0. The van der Waals surface area contributed by atoms with Gasteiger partial charge in [0.15, 0.2) is 0 Å². The van der Waals surface area contributed by atoms with Gasteiger partial charge in [-0.25, -0.2) is 4.79 Å². The third kappa shape index (κ3) is 13.6. The average molecular weight is 677 g/mol. The largest absolute Gasteiger partial charge is 0.494 e. The lowest BCUT2D eigenvalue weighted by Crippen LogP contribution is -2.04. The fourth-order valence-corrected chi connectivity index (χ4v) is 4.20. The molecule has 0 saturated carbocycles. The summed E-state index contributed by atoms with van der Waals surface area (Å²) in [5, 5.41) is 26.0. The van der Waals surface area contributed by atoms with E-state index in [0.29, 0.717) is 61.3 Å². The van der Waals surface area contributed by atoms with E-state index in [-0.39, 0.29) is 5.97 Å². The van der Waals surface area contributed by atoms with Crippen LogP contribution >= 0.6 is 0 Å². The highest BCUT2D eigenvalue weighted by Gasteiger charge is 2.02. The van der Waals surface area contributed by atoms with Crippen molar-refractivity contribution in [2.24, 2.45) is 30.7 Å². The van der Waals surface area contributed by atoms with Crippen molar-refractivity contribution in [1.29, 1.82) is 0 Å². The quantitative estimate of drug-likeness (QED) is 0.0418. The molecule has 0 heterocycles. The molecule has 0 bridgehead atoms. The molecule has 0 atom stereocenters. The SMILES string of the molecule is C=CC(=O)OCCCCOc1ccc(N=Nc2ccc(N=Nc3ccc(N=Nc4ccc(OCCCCOC(C)=O)cc4)cc3)c(C)c2)cc1. The molecule has 0 spiro atoms. The monoisotopic (exact) mass is 676 g/mol. The molecule has 0 aliphatic heterocycles. The Morgan fingerprint density at radius 3 is 1.42 bits per heavy atom. The van der Waals surface area contributed by atoms with E-state index in [0.717, 1.165) is 48.1 Å². The van der Waals surface area contributed by atoms with Gasteiger partial charge in [0.05, 0.1) is 60.6 Å². The van der Waals surface area contributed by atoms with Crippen LogP contribution in [0, 0.1) is 6.92 Å². The van der Waals surface area contributed by atoms with Crippen molar-refractivity contribution >= 4 is 46.1 Å². The number of hydrogen-bond acceptors (Lipinski definition) is 12. The van der Waals surface area contributed by atoms with Crippen LogP contribution in [0.3, 0.4) is 0 Å². The summed E-state index contributed by atoms with van der Waals surface area (Å²) in [4.78, 5) is 21.8. The van der Waals surface area contributed by atoms with Gasteiger partial charge in [0.1, 0.15) is 11.5 Å². The topological polar surface area (TPSA) is 145 Å². The lowest BCUT2D eigenvalue weighted by atomic mass is 10.2. The van der Waals surface area contributed by atoms with Crippen LogP contribution in [0.25, 0.3) is 0 Å². The van der Waals surface area contributed by atoms with Gasteiger partial charge in [0.25, 0.3) is 0 Å². The van der Waals surface area contributed by atoms with Crippen LogP contribution in [0.1, 0.15) is 38.2 Å². The zero-order valence-corrected chi connectivity index (χ0v) is 28.2. The first-order valence-electron chi connectivity index (χ1n) is 16.2. The van der Waals surface area contributed by atoms with Crippen molar-refractivity contribution in [3.8, 4) is 11.5 Å². The van der Waals surface area contributed by atoms with Crippen LogP contribution in [0.2, 0.25) is 0 Å². The van der Waals surface area contributed by atoms with E-state index in [9.17, 15) is 9.59 Å². The van der Waals surface area contributed by atoms with Crippen molar-refractivity contribution < 1.29 is 28.5 Å². The molecule has 0 N–H and O–H groups in total. The summed E-state index contributed by atoms with van der Waals surface area (Å²) in [7, 11) is 0. The Balaban J connectivity index is 1.19. The first-order valence-corrected chi connectivity index (χ1v) is 16.2. The first kappa shape index (κ1) is 36.8. The van der Waals surface area contributed by atoms with Crippen molar-refractivity contribution in [3.63, 3.8) is 0 Å². The molecule has 12 heteroatoms. The highest BCUT2D eigenvalue weighted by molar-refractivity contribution is 5.81. The summed E-state index contributed by atoms with van der Waals surface area (Å²) in [6.07, 6.45) is 4.18. The maximum atomic E-state index is 11.0. The molecule has 258 valence electrons. The number of ether oxygens (including phenoxy) is 4. The Kier molecular flexibility index (Phi) is 15.0. The zero-order chi connectivity index (χ0) is 35.4. The molecule has 0 unspecified atom stereocenters. The number of aryl methyl sites for hydroxylation is 1. The van der Waals surface area contributed by atoms with Gasteiger partial charge in [-0.2, -0.15) is 30.7 Å². The van der Waals surface area contributed by atoms with Gasteiger partial charge < -0.3 is 18.9 Å². The van der Waals surface area contributed by atoms with E-state index in [1.165, 1.54) is 6.92 Å². The van der Waals surface area contributed by atoms with Gasteiger partial charge >= 0.3 is 11.9 Å². The number of benzene rings is 4. The van der Waals surface area contributed by atoms with Crippen LogP contribution in [0.4, 0.5) is 34.1 Å². The number of unbranched alkanes of at least 4 members (excludes halogenated alkanes) is 2. The van der Waals surface area contributed by atoms with E-state index in [4.69, 9.17) is 18.9 Å². The molecule has 12 nitrogen and oxygen atoms in total. The van der Waals surface area contributed by atoms with E-state index >= 15 is 0 Å². The molecular formula is C38H40N6O6. The summed E-state index contributed by atoms with van der Waals surface area (Å²) in [6, 6.07) is 27.6. The Morgan fingerprint density at radius 1 is 0.560 bits per heavy atom. The number of hydrogen-bond donors (Lipinski definition) is 0. The lowest BCUT2D eigenvalue weighted by Gasteiger charge is -2.06. The summed E-state index contributed by atoms with van der Waals surface area (Å²) in [5.74, 6) is 0.787. The van der Waals surface area contributed by atoms with Crippen LogP contribution in [-0.2, 0) is 19.1 Å². The van der Waals surface area contributed by atoms with Gasteiger partial charge in [0.2, 0.25) is 0 Å². The van der Waals surface area contributed by atoms with Crippen molar-refractivity contribution in [1.82, 2.24) is 0 Å². The smallest absolute Gasteiger partial charge is 0.330 e. The number of rotatable bonds is 19.